The molecular formula is C13H20N6. The van der Waals surface area contributed by atoms with Gasteiger partial charge in [-0.05, 0) is 31.1 Å². The van der Waals surface area contributed by atoms with Gasteiger partial charge in [-0.1, -0.05) is 13.8 Å². The first-order valence-electron chi connectivity index (χ1n) is 6.86. The van der Waals surface area contributed by atoms with Gasteiger partial charge in [0.2, 0.25) is 5.95 Å². The summed E-state index contributed by atoms with van der Waals surface area (Å²) in [6.07, 6.45) is 5.30. The average molecular weight is 260 g/mol. The van der Waals surface area contributed by atoms with E-state index in [1.165, 1.54) is 19.3 Å². The topological polar surface area (TPSA) is 92.5 Å². The Labute approximate surface area is 112 Å². The number of H-pyrrole nitrogens is 1. The van der Waals surface area contributed by atoms with Gasteiger partial charge in [0, 0.05) is 6.04 Å². The van der Waals surface area contributed by atoms with Crippen LogP contribution in [0.3, 0.4) is 0 Å². The van der Waals surface area contributed by atoms with Crippen LogP contribution in [0.2, 0.25) is 0 Å². The van der Waals surface area contributed by atoms with E-state index >= 15 is 0 Å². The normalized spacial score (nSPS) is 27.6. The molecule has 2 aromatic rings. The number of nitrogen functional groups attached to an aromatic ring is 1. The van der Waals surface area contributed by atoms with Crippen LogP contribution in [0.5, 0.6) is 0 Å². The quantitative estimate of drug-likeness (QED) is 0.769. The van der Waals surface area contributed by atoms with Crippen molar-refractivity contribution in [1.82, 2.24) is 19.9 Å². The molecule has 1 saturated carbocycles. The molecule has 4 N–H and O–H groups in total. The molecule has 0 aromatic carbocycles. The standard InChI is InChI=1S/C13H20N6/c1-7-3-4-9(8(2)5-7)17-12-10-11(16-6-15-10)18-13(14)19-12/h6-9H,3-5H2,1-2H3,(H4,14,15,16,17,18,19). The predicted molar refractivity (Wildman–Crippen MR) is 75.7 cm³/mol. The van der Waals surface area contributed by atoms with Crippen LogP contribution in [0.15, 0.2) is 6.33 Å². The predicted octanol–water partition coefficient (Wildman–Crippen LogP) is 2.17. The van der Waals surface area contributed by atoms with E-state index < -0.39 is 0 Å². The Morgan fingerprint density at radius 3 is 2.95 bits per heavy atom. The van der Waals surface area contributed by atoms with E-state index in [0.717, 1.165) is 17.3 Å². The number of aromatic nitrogens is 4. The molecule has 3 rings (SSSR count). The van der Waals surface area contributed by atoms with E-state index in [-0.39, 0.29) is 5.95 Å². The molecule has 0 saturated heterocycles. The Balaban J connectivity index is 1.86. The lowest BCUT2D eigenvalue weighted by atomic mass is 9.80. The SMILES string of the molecule is CC1CCC(Nc2nc(N)nc3nc[nH]c23)C(C)C1. The van der Waals surface area contributed by atoms with Gasteiger partial charge in [0.05, 0.1) is 6.33 Å². The average Bonchev–Trinajstić information content (AvgIpc) is 2.80. The number of hydrogen-bond donors (Lipinski definition) is 3. The largest absolute Gasteiger partial charge is 0.368 e. The summed E-state index contributed by atoms with van der Waals surface area (Å²) in [5.74, 6) is 2.49. The number of nitrogens with one attached hydrogen (secondary N) is 2. The highest BCUT2D eigenvalue weighted by atomic mass is 15.1. The van der Waals surface area contributed by atoms with Crippen LogP contribution in [0.4, 0.5) is 11.8 Å². The fourth-order valence-corrected chi connectivity index (χ4v) is 3.01. The molecule has 0 bridgehead atoms. The zero-order chi connectivity index (χ0) is 13.4. The van der Waals surface area contributed by atoms with Gasteiger partial charge < -0.3 is 16.0 Å². The van der Waals surface area contributed by atoms with E-state index in [4.69, 9.17) is 5.73 Å². The summed E-state index contributed by atoms with van der Waals surface area (Å²) in [5.41, 5.74) is 7.18. The van der Waals surface area contributed by atoms with Gasteiger partial charge in [0.25, 0.3) is 0 Å². The minimum Gasteiger partial charge on any atom is -0.368 e. The molecule has 19 heavy (non-hydrogen) atoms. The number of anilines is 2. The van der Waals surface area contributed by atoms with Gasteiger partial charge in [-0.3, -0.25) is 0 Å². The summed E-state index contributed by atoms with van der Waals surface area (Å²) in [6.45, 7) is 4.62. The smallest absolute Gasteiger partial charge is 0.224 e. The molecule has 3 unspecified atom stereocenters. The van der Waals surface area contributed by atoms with Gasteiger partial charge >= 0.3 is 0 Å². The third-order valence-corrected chi connectivity index (χ3v) is 4.06. The molecule has 0 spiro atoms. The second-order valence-corrected chi connectivity index (χ2v) is 5.68. The van der Waals surface area contributed by atoms with Crippen molar-refractivity contribution in [2.45, 2.75) is 39.2 Å². The number of fused-ring (bicyclic) bond motifs is 1. The van der Waals surface area contributed by atoms with Crippen molar-refractivity contribution in [3.8, 4) is 0 Å². The third-order valence-electron chi connectivity index (χ3n) is 4.06. The molecule has 0 aliphatic heterocycles. The lowest BCUT2D eigenvalue weighted by Crippen LogP contribution is -2.33. The van der Waals surface area contributed by atoms with E-state index in [1.54, 1.807) is 6.33 Å². The fraction of sp³-hybridized carbons (Fsp3) is 0.615. The molecule has 102 valence electrons. The van der Waals surface area contributed by atoms with Crippen molar-refractivity contribution in [2.24, 2.45) is 11.8 Å². The molecule has 0 amide bonds. The minimum atomic E-state index is 0.263. The summed E-state index contributed by atoms with van der Waals surface area (Å²) >= 11 is 0. The van der Waals surface area contributed by atoms with E-state index in [1.807, 2.05) is 0 Å². The van der Waals surface area contributed by atoms with Crippen LogP contribution in [0.1, 0.15) is 33.1 Å². The number of hydrogen-bond acceptors (Lipinski definition) is 5. The van der Waals surface area contributed by atoms with E-state index in [0.29, 0.717) is 17.6 Å². The van der Waals surface area contributed by atoms with Crippen molar-refractivity contribution in [2.75, 3.05) is 11.1 Å². The minimum absolute atomic E-state index is 0.263. The van der Waals surface area contributed by atoms with Gasteiger partial charge in [0.1, 0.15) is 5.52 Å². The van der Waals surface area contributed by atoms with Crippen LogP contribution >= 0.6 is 0 Å². The maximum atomic E-state index is 5.73. The molecule has 1 fully saturated rings. The molecule has 2 aromatic heterocycles. The van der Waals surface area contributed by atoms with Crippen molar-refractivity contribution in [3.63, 3.8) is 0 Å². The Hall–Kier alpha value is -1.85. The highest BCUT2D eigenvalue weighted by molar-refractivity contribution is 5.83. The van der Waals surface area contributed by atoms with Crippen LogP contribution in [0.25, 0.3) is 11.2 Å². The second kappa shape index (κ2) is 4.68. The highest BCUT2D eigenvalue weighted by Gasteiger charge is 2.26. The zero-order valence-corrected chi connectivity index (χ0v) is 11.3. The molecule has 1 aliphatic rings. The zero-order valence-electron chi connectivity index (χ0n) is 11.3. The summed E-state index contributed by atoms with van der Waals surface area (Å²) in [5, 5.41) is 3.52. The maximum Gasteiger partial charge on any atom is 0.224 e. The fourth-order valence-electron chi connectivity index (χ4n) is 3.01. The summed E-state index contributed by atoms with van der Waals surface area (Å²) < 4.78 is 0. The molecule has 0 radical (unpaired) electrons. The number of imidazole rings is 1. The number of aromatic amines is 1. The number of nitrogens with zero attached hydrogens (tertiary/aromatic N) is 3. The second-order valence-electron chi connectivity index (χ2n) is 5.68. The lowest BCUT2D eigenvalue weighted by Gasteiger charge is -2.33. The van der Waals surface area contributed by atoms with Crippen molar-refractivity contribution >= 4 is 22.9 Å². The molecular weight excluding hydrogens is 240 g/mol. The van der Waals surface area contributed by atoms with Crippen molar-refractivity contribution in [3.05, 3.63) is 6.33 Å². The van der Waals surface area contributed by atoms with Gasteiger partial charge in [0.15, 0.2) is 11.5 Å². The van der Waals surface area contributed by atoms with E-state index in [9.17, 15) is 0 Å². The Morgan fingerprint density at radius 1 is 1.32 bits per heavy atom. The number of rotatable bonds is 2. The maximum absolute atomic E-state index is 5.73. The Bertz CT molecular complexity index is 578. The first kappa shape index (κ1) is 12.2. The van der Waals surface area contributed by atoms with Crippen LogP contribution in [0, 0.1) is 11.8 Å². The van der Waals surface area contributed by atoms with Gasteiger partial charge in [-0.25, -0.2) is 4.98 Å². The first-order valence-corrected chi connectivity index (χ1v) is 6.86. The van der Waals surface area contributed by atoms with Crippen LogP contribution in [-0.4, -0.2) is 26.0 Å². The highest BCUT2D eigenvalue weighted by Crippen LogP contribution is 2.31. The molecule has 6 nitrogen and oxygen atoms in total. The Kier molecular flexibility index (Phi) is 3.00. The first-order chi connectivity index (χ1) is 9.13. The summed E-state index contributed by atoms with van der Waals surface area (Å²) in [7, 11) is 0. The van der Waals surface area contributed by atoms with Gasteiger partial charge in [-0.15, -0.1) is 0 Å². The lowest BCUT2D eigenvalue weighted by molar-refractivity contribution is 0.276. The monoisotopic (exact) mass is 260 g/mol. The molecule has 6 heteroatoms. The number of nitrogens with two attached hydrogens (primary N) is 1. The van der Waals surface area contributed by atoms with Crippen molar-refractivity contribution < 1.29 is 0 Å². The van der Waals surface area contributed by atoms with E-state index in [2.05, 4.69) is 39.1 Å². The summed E-state index contributed by atoms with van der Waals surface area (Å²) in [6, 6.07) is 0.442. The van der Waals surface area contributed by atoms with Gasteiger partial charge in [-0.2, -0.15) is 9.97 Å². The van der Waals surface area contributed by atoms with Crippen molar-refractivity contribution in [1.29, 1.82) is 0 Å². The van der Waals surface area contributed by atoms with Crippen LogP contribution in [-0.2, 0) is 0 Å². The molecule has 2 heterocycles. The molecule has 3 atom stereocenters. The Morgan fingerprint density at radius 2 is 2.16 bits per heavy atom. The summed E-state index contributed by atoms with van der Waals surface area (Å²) in [4.78, 5) is 15.6. The van der Waals surface area contributed by atoms with Crippen LogP contribution < -0.4 is 11.1 Å². The molecule has 1 aliphatic carbocycles. The third kappa shape index (κ3) is 2.34.